The zero-order valence-electron chi connectivity index (χ0n) is 9.40. The maximum atomic E-state index is 11.6. The third kappa shape index (κ3) is 3.71. The Hall–Kier alpha value is -1.36. The van der Waals surface area contributed by atoms with Crippen molar-refractivity contribution in [3.05, 3.63) is 12.4 Å². The highest BCUT2D eigenvalue weighted by atomic mass is 16.2. The molecule has 0 aromatic carbocycles. The second-order valence-electron chi connectivity index (χ2n) is 4.13. The Labute approximate surface area is 89.6 Å². The summed E-state index contributed by atoms with van der Waals surface area (Å²) in [6, 6.07) is -0.454. The Morgan fingerprint density at radius 1 is 1.67 bits per heavy atom. The Morgan fingerprint density at radius 3 is 2.80 bits per heavy atom. The van der Waals surface area contributed by atoms with E-state index < -0.39 is 6.04 Å². The molecule has 0 saturated carbocycles. The average Bonchev–Trinajstić information content (AvgIpc) is 2.50. The zero-order chi connectivity index (χ0) is 11.4. The van der Waals surface area contributed by atoms with Gasteiger partial charge in [-0.15, -0.1) is 0 Å². The van der Waals surface area contributed by atoms with Crippen LogP contribution in [0.4, 0.5) is 5.69 Å². The molecule has 0 fully saturated rings. The third-order valence-electron chi connectivity index (χ3n) is 2.03. The molecule has 0 aliphatic rings. The van der Waals surface area contributed by atoms with Crippen molar-refractivity contribution in [1.82, 2.24) is 9.78 Å². The molecule has 1 aromatic rings. The van der Waals surface area contributed by atoms with Gasteiger partial charge in [0.2, 0.25) is 5.91 Å². The molecule has 0 saturated heterocycles. The van der Waals surface area contributed by atoms with Crippen LogP contribution in [0, 0.1) is 5.92 Å². The first-order chi connectivity index (χ1) is 6.99. The van der Waals surface area contributed by atoms with Crippen LogP contribution in [0.1, 0.15) is 20.3 Å². The van der Waals surface area contributed by atoms with Crippen LogP contribution in [0.5, 0.6) is 0 Å². The van der Waals surface area contributed by atoms with Gasteiger partial charge in [0.25, 0.3) is 0 Å². The van der Waals surface area contributed by atoms with E-state index in [1.165, 1.54) is 0 Å². The maximum Gasteiger partial charge on any atom is 0.241 e. The van der Waals surface area contributed by atoms with Gasteiger partial charge in [0.05, 0.1) is 17.9 Å². The van der Waals surface area contributed by atoms with Gasteiger partial charge in [0.15, 0.2) is 0 Å². The monoisotopic (exact) mass is 210 g/mol. The summed E-state index contributed by atoms with van der Waals surface area (Å²) < 4.78 is 1.63. The maximum absolute atomic E-state index is 11.6. The molecule has 3 N–H and O–H groups in total. The minimum atomic E-state index is -0.454. The number of rotatable bonds is 4. The smallest absolute Gasteiger partial charge is 0.241 e. The van der Waals surface area contributed by atoms with E-state index in [4.69, 9.17) is 5.73 Å². The Kier molecular flexibility index (Phi) is 3.85. The van der Waals surface area contributed by atoms with E-state index in [9.17, 15) is 4.79 Å². The quantitative estimate of drug-likeness (QED) is 0.769. The van der Waals surface area contributed by atoms with Gasteiger partial charge < -0.3 is 11.1 Å². The Balaban J connectivity index is 2.48. The van der Waals surface area contributed by atoms with E-state index in [1.807, 2.05) is 13.8 Å². The first-order valence-corrected chi connectivity index (χ1v) is 5.04. The standard InChI is InChI=1S/C10H18N4O/c1-7(2)4-9(11)10(15)13-8-5-12-14(3)6-8/h5-7,9H,4,11H2,1-3H3,(H,13,15)/t9-/m1/s1. The minimum Gasteiger partial charge on any atom is -0.322 e. The molecule has 0 aliphatic heterocycles. The van der Waals surface area contributed by atoms with Crippen LogP contribution >= 0.6 is 0 Å². The van der Waals surface area contributed by atoms with E-state index in [0.29, 0.717) is 18.0 Å². The van der Waals surface area contributed by atoms with Gasteiger partial charge in [-0.1, -0.05) is 13.8 Å². The van der Waals surface area contributed by atoms with Crippen molar-refractivity contribution in [3.8, 4) is 0 Å². The van der Waals surface area contributed by atoms with Gasteiger partial charge in [0, 0.05) is 13.2 Å². The molecule has 1 rings (SSSR count). The largest absolute Gasteiger partial charge is 0.322 e. The molecule has 1 atom stereocenters. The summed E-state index contributed by atoms with van der Waals surface area (Å²) in [7, 11) is 1.80. The van der Waals surface area contributed by atoms with E-state index in [-0.39, 0.29) is 5.91 Å². The van der Waals surface area contributed by atoms with Crippen LogP contribution in [-0.2, 0) is 11.8 Å². The van der Waals surface area contributed by atoms with Crippen LogP contribution < -0.4 is 11.1 Å². The van der Waals surface area contributed by atoms with Crippen LogP contribution in [0.25, 0.3) is 0 Å². The Bertz CT molecular complexity index is 332. The summed E-state index contributed by atoms with van der Waals surface area (Å²) in [4.78, 5) is 11.6. The van der Waals surface area contributed by atoms with Crippen LogP contribution in [0.3, 0.4) is 0 Å². The van der Waals surface area contributed by atoms with Crippen LogP contribution in [-0.4, -0.2) is 21.7 Å². The van der Waals surface area contributed by atoms with Gasteiger partial charge in [-0.2, -0.15) is 5.10 Å². The van der Waals surface area contributed by atoms with Gasteiger partial charge in [-0.3, -0.25) is 9.48 Å². The van der Waals surface area contributed by atoms with E-state index in [2.05, 4.69) is 10.4 Å². The van der Waals surface area contributed by atoms with Crippen LogP contribution in [0.15, 0.2) is 12.4 Å². The number of aryl methyl sites for hydroxylation is 1. The lowest BCUT2D eigenvalue weighted by Gasteiger charge is -2.12. The molecule has 0 bridgehead atoms. The molecular formula is C10H18N4O. The normalized spacial score (nSPS) is 12.9. The summed E-state index contributed by atoms with van der Waals surface area (Å²) in [5, 5.41) is 6.67. The molecule has 0 aliphatic carbocycles. The predicted octanol–water partition coefficient (Wildman–Crippen LogP) is 0.732. The lowest BCUT2D eigenvalue weighted by molar-refractivity contribution is -0.117. The van der Waals surface area contributed by atoms with E-state index in [0.717, 1.165) is 0 Å². The highest BCUT2D eigenvalue weighted by molar-refractivity contribution is 5.94. The molecule has 1 amide bonds. The highest BCUT2D eigenvalue weighted by Gasteiger charge is 2.15. The number of nitrogens with two attached hydrogens (primary N) is 1. The number of hydrogen-bond acceptors (Lipinski definition) is 3. The summed E-state index contributed by atoms with van der Waals surface area (Å²) >= 11 is 0. The molecule has 15 heavy (non-hydrogen) atoms. The lowest BCUT2D eigenvalue weighted by atomic mass is 10.0. The number of nitrogens with zero attached hydrogens (tertiary/aromatic N) is 2. The van der Waals surface area contributed by atoms with Crippen molar-refractivity contribution in [2.45, 2.75) is 26.3 Å². The number of carbonyl (C=O) groups excluding carboxylic acids is 1. The van der Waals surface area contributed by atoms with Crippen molar-refractivity contribution < 1.29 is 4.79 Å². The molecule has 1 heterocycles. The van der Waals surface area contributed by atoms with Crippen molar-refractivity contribution in [2.75, 3.05) is 5.32 Å². The molecule has 0 radical (unpaired) electrons. The van der Waals surface area contributed by atoms with Gasteiger partial charge in [0.1, 0.15) is 0 Å². The molecule has 0 spiro atoms. The second kappa shape index (κ2) is 4.93. The summed E-state index contributed by atoms with van der Waals surface area (Å²) in [5.74, 6) is 0.261. The fourth-order valence-corrected chi connectivity index (χ4v) is 1.34. The molecule has 5 heteroatoms. The molecule has 84 valence electrons. The van der Waals surface area contributed by atoms with Gasteiger partial charge in [-0.05, 0) is 12.3 Å². The highest BCUT2D eigenvalue weighted by Crippen LogP contribution is 2.07. The lowest BCUT2D eigenvalue weighted by Crippen LogP contribution is -2.36. The molecule has 0 unspecified atom stereocenters. The molecular weight excluding hydrogens is 192 g/mol. The molecule has 1 aromatic heterocycles. The van der Waals surface area contributed by atoms with Gasteiger partial charge >= 0.3 is 0 Å². The molecule has 5 nitrogen and oxygen atoms in total. The summed E-state index contributed by atoms with van der Waals surface area (Å²) in [6.45, 7) is 4.08. The number of aromatic nitrogens is 2. The van der Waals surface area contributed by atoms with E-state index >= 15 is 0 Å². The third-order valence-corrected chi connectivity index (χ3v) is 2.03. The summed E-state index contributed by atoms with van der Waals surface area (Å²) in [6.07, 6.45) is 4.02. The number of carbonyl (C=O) groups is 1. The topological polar surface area (TPSA) is 72.9 Å². The zero-order valence-corrected chi connectivity index (χ0v) is 9.40. The predicted molar refractivity (Wildman–Crippen MR) is 59.3 cm³/mol. The second-order valence-corrected chi connectivity index (χ2v) is 4.13. The van der Waals surface area contributed by atoms with E-state index in [1.54, 1.807) is 24.1 Å². The SMILES string of the molecule is CC(C)C[C@@H](N)C(=O)Nc1cnn(C)c1. The van der Waals surface area contributed by atoms with Crippen molar-refractivity contribution in [2.24, 2.45) is 18.7 Å². The van der Waals surface area contributed by atoms with Crippen LogP contribution in [0.2, 0.25) is 0 Å². The first-order valence-electron chi connectivity index (χ1n) is 5.04. The minimum absolute atomic E-state index is 0.156. The van der Waals surface area contributed by atoms with Crippen molar-refractivity contribution >= 4 is 11.6 Å². The van der Waals surface area contributed by atoms with Crippen molar-refractivity contribution in [1.29, 1.82) is 0 Å². The number of amides is 1. The fraction of sp³-hybridized carbons (Fsp3) is 0.600. The Morgan fingerprint density at radius 2 is 2.33 bits per heavy atom. The first kappa shape index (κ1) is 11.7. The van der Waals surface area contributed by atoms with Gasteiger partial charge in [-0.25, -0.2) is 0 Å². The number of hydrogen-bond donors (Lipinski definition) is 2. The average molecular weight is 210 g/mol. The number of anilines is 1. The fourth-order valence-electron chi connectivity index (χ4n) is 1.34. The number of nitrogens with one attached hydrogen (secondary N) is 1. The summed E-state index contributed by atoms with van der Waals surface area (Å²) in [5.41, 5.74) is 6.42. The van der Waals surface area contributed by atoms with Crippen molar-refractivity contribution in [3.63, 3.8) is 0 Å².